The molecule has 8 heteroatoms. The summed E-state index contributed by atoms with van der Waals surface area (Å²) < 4.78 is 12.0. The van der Waals surface area contributed by atoms with Gasteiger partial charge in [0.05, 0.1) is 12.3 Å². The second-order valence-electron chi connectivity index (χ2n) is 8.98. The standard InChI is InChI=1S/C31H26N2O6/c1-3-38-28-17-20(9-15-27(28)39-18-26-19(2)8-10-21-6-4-5-7-24(21)26)16-25-29(35)32-31(37)33(30(25)36)22-11-13-23(34)14-12-22/h4-17,34H,3,18H2,1-2H3,(H,32,35,37)/b25-16+. The number of fused-ring (bicyclic) bond motifs is 1. The van der Waals surface area contributed by atoms with E-state index in [1.807, 2.05) is 26.0 Å². The quantitative estimate of drug-likeness (QED) is 0.245. The average Bonchev–Trinajstić information content (AvgIpc) is 2.92. The van der Waals surface area contributed by atoms with Crippen molar-refractivity contribution in [3.05, 3.63) is 101 Å². The Morgan fingerprint density at radius 2 is 1.67 bits per heavy atom. The number of barbiturate groups is 1. The third-order valence-corrected chi connectivity index (χ3v) is 6.44. The topological polar surface area (TPSA) is 105 Å². The maximum absolute atomic E-state index is 13.2. The molecule has 0 aromatic heterocycles. The lowest BCUT2D eigenvalue weighted by Crippen LogP contribution is -2.54. The fourth-order valence-corrected chi connectivity index (χ4v) is 4.45. The molecule has 4 aromatic rings. The molecule has 0 aliphatic carbocycles. The lowest BCUT2D eigenvalue weighted by molar-refractivity contribution is -0.122. The maximum atomic E-state index is 13.2. The highest BCUT2D eigenvalue weighted by Crippen LogP contribution is 2.32. The van der Waals surface area contributed by atoms with E-state index in [9.17, 15) is 19.5 Å². The summed E-state index contributed by atoms with van der Waals surface area (Å²) in [6, 6.07) is 22.1. The lowest BCUT2D eigenvalue weighted by atomic mass is 10.0. The first-order chi connectivity index (χ1) is 18.9. The summed E-state index contributed by atoms with van der Waals surface area (Å²) in [4.78, 5) is 39.0. The molecule has 196 valence electrons. The molecule has 1 aliphatic heterocycles. The first-order valence-electron chi connectivity index (χ1n) is 12.4. The summed E-state index contributed by atoms with van der Waals surface area (Å²) in [5.74, 6) is -0.618. The fraction of sp³-hybridized carbons (Fsp3) is 0.129. The molecule has 1 aliphatic rings. The van der Waals surface area contributed by atoms with Gasteiger partial charge >= 0.3 is 6.03 Å². The number of rotatable bonds is 7. The third-order valence-electron chi connectivity index (χ3n) is 6.44. The Morgan fingerprint density at radius 3 is 2.44 bits per heavy atom. The summed E-state index contributed by atoms with van der Waals surface area (Å²) >= 11 is 0. The Balaban J connectivity index is 1.43. The minimum absolute atomic E-state index is 0.0168. The van der Waals surface area contributed by atoms with Gasteiger partial charge in [-0.15, -0.1) is 0 Å². The molecular formula is C31H26N2O6. The van der Waals surface area contributed by atoms with Gasteiger partial charge in [-0.25, -0.2) is 9.69 Å². The molecule has 0 unspecified atom stereocenters. The second-order valence-corrected chi connectivity index (χ2v) is 8.98. The van der Waals surface area contributed by atoms with Gasteiger partial charge in [-0.1, -0.05) is 42.5 Å². The number of hydrogen-bond acceptors (Lipinski definition) is 6. The molecule has 5 rings (SSSR count). The van der Waals surface area contributed by atoms with Gasteiger partial charge in [-0.3, -0.25) is 14.9 Å². The number of carbonyl (C=O) groups excluding carboxylic acids is 3. The van der Waals surface area contributed by atoms with Crippen LogP contribution in [0, 0.1) is 6.92 Å². The molecule has 1 fully saturated rings. The van der Waals surface area contributed by atoms with E-state index >= 15 is 0 Å². The highest BCUT2D eigenvalue weighted by Gasteiger charge is 2.36. The number of phenolic OH excluding ortho intramolecular Hbond substituents is 1. The van der Waals surface area contributed by atoms with Crippen LogP contribution >= 0.6 is 0 Å². The van der Waals surface area contributed by atoms with Gasteiger partial charge in [-0.05, 0) is 78.2 Å². The zero-order valence-corrected chi connectivity index (χ0v) is 21.4. The summed E-state index contributed by atoms with van der Waals surface area (Å²) in [5, 5.41) is 14.0. The maximum Gasteiger partial charge on any atom is 0.335 e. The summed E-state index contributed by atoms with van der Waals surface area (Å²) in [7, 11) is 0. The number of aryl methyl sites for hydroxylation is 1. The summed E-state index contributed by atoms with van der Waals surface area (Å²) in [6.07, 6.45) is 1.40. The number of imide groups is 2. The van der Waals surface area contributed by atoms with Gasteiger partial charge in [0.15, 0.2) is 11.5 Å². The van der Waals surface area contributed by atoms with Crippen molar-refractivity contribution in [3.63, 3.8) is 0 Å². The van der Waals surface area contributed by atoms with Crippen molar-refractivity contribution in [1.29, 1.82) is 0 Å². The second kappa shape index (κ2) is 10.7. The van der Waals surface area contributed by atoms with E-state index in [0.29, 0.717) is 30.3 Å². The van der Waals surface area contributed by atoms with Crippen LogP contribution in [-0.2, 0) is 16.2 Å². The van der Waals surface area contributed by atoms with E-state index in [4.69, 9.17) is 9.47 Å². The minimum atomic E-state index is -0.865. The van der Waals surface area contributed by atoms with Crippen molar-refractivity contribution in [2.75, 3.05) is 11.5 Å². The van der Waals surface area contributed by atoms with E-state index in [1.165, 1.54) is 30.3 Å². The fourth-order valence-electron chi connectivity index (χ4n) is 4.45. The smallest absolute Gasteiger partial charge is 0.335 e. The molecule has 0 saturated carbocycles. The van der Waals surface area contributed by atoms with E-state index in [-0.39, 0.29) is 17.0 Å². The molecule has 0 radical (unpaired) electrons. The Hall–Kier alpha value is -5.11. The van der Waals surface area contributed by atoms with Crippen LogP contribution in [0.5, 0.6) is 17.2 Å². The third kappa shape index (κ3) is 5.17. The highest BCUT2D eigenvalue weighted by atomic mass is 16.5. The molecular weight excluding hydrogens is 496 g/mol. The number of nitrogens with one attached hydrogen (secondary N) is 1. The first kappa shape index (κ1) is 25.5. The molecule has 0 bridgehead atoms. The van der Waals surface area contributed by atoms with Gasteiger partial charge in [-0.2, -0.15) is 0 Å². The largest absolute Gasteiger partial charge is 0.508 e. The van der Waals surface area contributed by atoms with Crippen molar-refractivity contribution >= 4 is 40.4 Å². The molecule has 2 N–H and O–H groups in total. The van der Waals surface area contributed by atoms with Crippen LogP contribution in [0.3, 0.4) is 0 Å². The summed E-state index contributed by atoms with van der Waals surface area (Å²) in [6.45, 7) is 4.61. The molecule has 39 heavy (non-hydrogen) atoms. The number of nitrogens with zero attached hydrogens (tertiary/aromatic N) is 1. The number of aromatic hydroxyl groups is 1. The van der Waals surface area contributed by atoms with E-state index < -0.39 is 17.8 Å². The van der Waals surface area contributed by atoms with Crippen molar-refractivity contribution in [2.45, 2.75) is 20.5 Å². The van der Waals surface area contributed by atoms with E-state index in [1.54, 1.807) is 18.2 Å². The molecule has 4 aromatic carbocycles. The zero-order valence-electron chi connectivity index (χ0n) is 21.4. The first-order valence-corrected chi connectivity index (χ1v) is 12.4. The highest BCUT2D eigenvalue weighted by molar-refractivity contribution is 6.39. The predicted molar refractivity (Wildman–Crippen MR) is 148 cm³/mol. The number of benzene rings is 4. The molecule has 1 saturated heterocycles. The van der Waals surface area contributed by atoms with Crippen LogP contribution in [0.25, 0.3) is 16.8 Å². The molecule has 8 nitrogen and oxygen atoms in total. The van der Waals surface area contributed by atoms with Crippen LogP contribution in [0.15, 0.2) is 84.4 Å². The molecule has 0 atom stereocenters. The van der Waals surface area contributed by atoms with Gasteiger partial charge in [0, 0.05) is 5.56 Å². The van der Waals surface area contributed by atoms with E-state index in [2.05, 4.69) is 29.6 Å². The number of ether oxygens (including phenoxy) is 2. The zero-order chi connectivity index (χ0) is 27.5. The molecule has 0 spiro atoms. The number of hydrogen-bond donors (Lipinski definition) is 2. The van der Waals surface area contributed by atoms with Crippen molar-refractivity contribution in [3.8, 4) is 17.2 Å². The number of urea groups is 1. The Morgan fingerprint density at radius 1 is 0.897 bits per heavy atom. The Labute approximate surface area is 225 Å². The SMILES string of the molecule is CCOc1cc(/C=C2\C(=O)NC(=O)N(c3ccc(O)cc3)C2=O)ccc1OCc1c(C)ccc2ccccc12. The number of carbonyl (C=O) groups is 3. The number of anilines is 1. The minimum Gasteiger partial charge on any atom is -0.508 e. The van der Waals surface area contributed by atoms with Gasteiger partial charge in [0.2, 0.25) is 0 Å². The van der Waals surface area contributed by atoms with Crippen LogP contribution < -0.4 is 19.7 Å². The molecule has 4 amide bonds. The normalized spacial score (nSPS) is 14.6. The average molecular weight is 523 g/mol. The monoisotopic (exact) mass is 522 g/mol. The van der Waals surface area contributed by atoms with Gasteiger partial charge in [0.25, 0.3) is 11.8 Å². The van der Waals surface area contributed by atoms with E-state index in [0.717, 1.165) is 26.8 Å². The van der Waals surface area contributed by atoms with Crippen molar-refractivity contribution in [2.24, 2.45) is 0 Å². The van der Waals surface area contributed by atoms with Crippen LogP contribution in [0.2, 0.25) is 0 Å². The summed E-state index contributed by atoms with van der Waals surface area (Å²) in [5.41, 5.74) is 2.71. The molecule has 1 heterocycles. The van der Waals surface area contributed by atoms with Gasteiger partial charge < -0.3 is 14.6 Å². The van der Waals surface area contributed by atoms with Crippen LogP contribution in [-0.4, -0.2) is 29.6 Å². The van der Waals surface area contributed by atoms with Crippen LogP contribution in [0.4, 0.5) is 10.5 Å². The van der Waals surface area contributed by atoms with Crippen molar-refractivity contribution in [1.82, 2.24) is 5.32 Å². The Kier molecular flexibility index (Phi) is 7.01. The van der Waals surface area contributed by atoms with Crippen molar-refractivity contribution < 1.29 is 29.0 Å². The predicted octanol–water partition coefficient (Wildman–Crippen LogP) is 5.50. The lowest BCUT2D eigenvalue weighted by Gasteiger charge is -2.26. The number of amides is 4. The number of phenols is 1. The van der Waals surface area contributed by atoms with Gasteiger partial charge in [0.1, 0.15) is 17.9 Å². The van der Waals surface area contributed by atoms with Crippen LogP contribution in [0.1, 0.15) is 23.6 Å². The Bertz CT molecular complexity index is 1620.